The Morgan fingerprint density at radius 3 is 2.62 bits per heavy atom. The molecule has 0 heterocycles. The van der Waals surface area contributed by atoms with E-state index in [0.717, 1.165) is 13.0 Å². The SMILES string of the molecule is CCCCCCNC(CS)C(=O)O. The minimum Gasteiger partial charge on any atom is -0.480 e. The molecule has 0 aliphatic heterocycles. The van der Waals surface area contributed by atoms with Gasteiger partial charge in [-0.05, 0) is 13.0 Å². The highest BCUT2D eigenvalue weighted by atomic mass is 32.1. The second-order valence-electron chi connectivity index (χ2n) is 3.09. The third kappa shape index (κ3) is 6.90. The average molecular weight is 205 g/mol. The standard InChI is InChI=1S/C9H19NO2S/c1-2-3-4-5-6-10-8(7-13)9(11)12/h8,10,13H,2-7H2,1H3,(H,11,12). The van der Waals surface area contributed by atoms with E-state index in [9.17, 15) is 4.79 Å². The van der Waals surface area contributed by atoms with Gasteiger partial charge in [-0.25, -0.2) is 0 Å². The summed E-state index contributed by atoms with van der Waals surface area (Å²) in [7, 11) is 0. The summed E-state index contributed by atoms with van der Waals surface area (Å²) in [5.41, 5.74) is 0. The van der Waals surface area contributed by atoms with Crippen molar-refractivity contribution in [1.82, 2.24) is 5.32 Å². The minimum absolute atomic E-state index is 0.350. The molecule has 0 saturated heterocycles. The molecule has 0 aliphatic carbocycles. The number of carboxylic acids is 1. The van der Waals surface area contributed by atoms with Gasteiger partial charge in [-0.3, -0.25) is 4.79 Å². The lowest BCUT2D eigenvalue weighted by atomic mass is 10.2. The molecular weight excluding hydrogens is 186 g/mol. The van der Waals surface area contributed by atoms with Crippen LogP contribution < -0.4 is 5.32 Å². The van der Waals surface area contributed by atoms with Crippen molar-refractivity contribution in [2.75, 3.05) is 12.3 Å². The maximum Gasteiger partial charge on any atom is 0.321 e. The van der Waals surface area contributed by atoms with Crippen LogP contribution in [0.4, 0.5) is 0 Å². The van der Waals surface area contributed by atoms with Gasteiger partial charge in [0.15, 0.2) is 0 Å². The zero-order chi connectivity index (χ0) is 10.1. The Morgan fingerprint density at radius 1 is 1.46 bits per heavy atom. The first kappa shape index (κ1) is 12.8. The van der Waals surface area contributed by atoms with E-state index in [1.54, 1.807) is 0 Å². The minimum atomic E-state index is -0.814. The molecule has 0 aromatic carbocycles. The fourth-order valence-electron chi connectivity index (χ4n) is 1.06. The van der Waals surface area contributed by atoms with Gasteiger partial charge < -0.3 is 10.4 Å². The van der Waals surface area contributed by atoms with Gasteiger partial charge in [-0.1, -0.05) is 26.2 Å². The fourth-order valence-corrected chi connectivity index (χ4v) is 1.34. The van der Waals surface area contributed by atoms with Crippen molar-refractivity contribution in [1.29, 1.82) is 0 Å². The summed E-state index contributed by atoms with van der Waals surface area (Å²) in [5.74, 6) is -0.464. The first-order valence-electron chi connectivity index (χ1n) is 4.79. The molecule has 0 aliphatic rings. The predicted molar refractivity (Wildman–Crippen MR) is 57.4 cm³/mol. The summed E-state index contributed by atoms with van der Waals surface area (Å²) in [4.78, 5) is 10.5. The molecule has 1 unspecified atom stereocenters. The number of carboxylic acid groups (broad SMARTS) is 1. The summed E-state index contributed by atoms with van der Waals surface area (Å²) in [6.07, 6.45) is 4.64. The largest absolute Gasteiger partial charge is 0.480 e. The lowest BCUT2D eigenvalue weighted by Crippen LogP contribution is -2.38. The van der Waals surface area contributed by atoms with Gasteiger partial charge in [0, 0.05) is 5.75 Å². The highest BCUT2D eigenvalue weighted by Crippen LogP contribution is 1.98. The first-order valence-corrected chi connectivity index (χ1v) is 5.42. The van der Waals surface area contributed by atoms with Crippen molar-refractivity contribution in [3.8, 4) is 0 Å². The molecule has 0 bridgehead atoms. The van der Waals surface area contributed by atoms with Crippen molar-refractivity contribution in [2.45, 2.75) is 38.6 Å². The molecule has 0 aromatic heterocycles. The molecule has 2 N–H and O–H groups in total. The van der Waals surface area contributed by atoms with Gasteiger partial charge in [0.1, 0.15) is 6.04 Å². The Morgan fingerprint density at radius 2 is 2.15 bits per heavy atom. The molecule has 0 amide bonds. The molecule has 1 atom stereocenters. The number of thiol groups is 1. The molecule has 0 saturated carbocycles. The van der Waals surface area contributed by atoms with Gasteiger partial charge in [-0.15, -0.1) is 0 Å². The molecule has 13 heavy (non-hydrogen) atoms. The summed E-state index contributed by atoms with van der Waals surface area (Å²) in [6.45, 7) is 2.93. The van der Waals surface area contributed by atoms with Crippen LogP contribution in [0.2, 0.25) is 0 Å². The van der Waals surface area contributed by atoms with Crippen molar-refractivity contribution in [2.24, 2.45) is 0 Å². The van der Waals surface area contributed by atoms with Gasteiger partial charge in [-0.2, -0.15) is 12.6 Å². The quantitative estimate of drug-likeness (QED) is 0.416. The van der Waals surface area contributed by atoms with Crippen molar-refractivity contribution >= 4 is 18.6 Å². The van der Waals surface area contributed by atoms with Crippen LogP contribution in [0.15, 0.2) is 0 Å². The van der Waals surface area contributed by atoms with Gasteiger partial charge >= 0.3 is 5.97 Å². The van der Waals surface area contributed by atoms with E-state index in [0.29, 0.717) is 5.75 Å². The van der Waals surface area contributed by atoms with Crippen LogP contribution in [0.5, 0.6) is 0 Å². The van der Waals surface area contributed by atoms with Gasteiger partial charge in [0.25, 0.3) is 0 Å². The maximum absolute atomic E-state index is 10.5. The number of hydrogen-bond donors (Lipinski definition) is 3. The Hall–Kier alpha value is -0.220. The second-order valence-corrected chi connectivity index (χ2v) is 3.45. The normalized spacial score (nSPS) is 12.8. The van der Waals surface area contributed by atoms with Crippen molar-refractivity contribution in [3.63, 3.8) is 0 Å². The molecule has 0 aromatic rings. The van der Waals surface area contributed by atoms with E-state index in [4.69, 9.17) is 5.11 Å². The Balaban J connectivity index is 3.33. The van der Waals surface area contributed by atoms with Crippen molar-refractivity contribution in [3.05, 3.63) is 0 Å². The lowest BCUT2D eigenvalue weighted by molar-refractivity contribution is -0.138. The van der Waals surface area contributed by atoms with E-state index in [-0.39, 0.29) is 0 Å². The van der Waals surface area contributed by atoms with Gasteiger partial charge in [0.2, 0.25) is 0 Å². The summed E-state index contributed by atoms with van der Waals surface area (Å²) in [5, 5.41) is 11.6. The number of rotatable bonds is 8. The molecule has 0 rings (SSSR count). The summed E-state index contributed by atoms with van der Waals surface area (Å²) < 4.78 is 0. The maximum atomic E-state index is 10.5. The van der Waals surface area contributed by atoms with Crippen LogP contribution in [0, 0.1) is 0 Å². The zero-order valence-electron chi connectivity index (χ0n) is 8.12. The van der Waals surface area contributed by atoms with Crippen LogP contribution in [0.25, 0.3) is 0 Å². The van der Waals surface area contributed by atoms with E-state index >= 15 is 0 Å². The second kappa shape index (κ2) is 8.38. The predicted octanol–water partition coefficient (Wildman–Crippen LogP) is 1.54. The lowest BCUT2D eigenvalue weighted by Gasteiger charge is -2.10. The number of nitrogens with one attached hydrogen (secondary N) is 1. The molecule has 3 nitrogen and oxygen atoms in total. The van der Waals surface area contributed by atoms with E-state index in [2.05, 4.69) is 24.9 Å². The number of aliphatic carboxylic acids is 1. The third-order valence-corrected chi connectivity index (χ3v) is 2.27. The van der Waals surface area contributed by atoms with E-state index in [1.165, 1.54) is 19.3 Å². The topological polar surface area (TPSA) is 49.3 Å². The van der Waals surface area contributed by atoms with Crippen LogP contribution in [-0.2, 0) is 4.79 Å². The first-order chi connectivity index (χ1) is 6.22. The third-order valence-electron chi connectivity index (χ3n) is 1.90. The fraction of sp³-hybridized carbons (Fsp3) is 0.889. The van der Waals surface area contributed by atoms with E-state index in [1.807, 2.05) is 0 Å². The highest BCUT2D eigenvalue weighted by Gasteiger charge is 2.12. The smallest absolute Gasteiger partial charge is 0.321 e. The molecule has 4 heteroatoms. The summed E-state index contributed by atoms with van der Waals surface area (Å²) in [6, 6.07) is -0.495. The number of hydrogen-bond acceptors (Lipinski definition) is 3. The Bertz CT molecular complexity index is 142. The van der Waals surface area contributed by atoms with Crippen LogP contribution in [0.3, 0.4) is 0 Å². The molecular formula is C9H19NO2S. The molecule has 0 fully saturated rings. The van der Waals surface area contributed by atoms with E-state index < -0.39 is 12.0 Å². The van der Waals surface area contributed by atoms with Crippen molar-refractivity contribution < 1.29 is 9.90 Å². The van der Waals surface area contributed by atoms with Crippen LogP contribution >= 0.6 is 12.6 Å². The number of unbranched alkanes of at least 4 members (excludes halogenated alkanes) is 3. The highest BCUT2D eigenvalue weighted by molar-refractivity contribution is 7.80. The van der Waals surface area contributed by atoms with Crippen LogP contribution in [0.1, 0.15) is 32.6 Å². The van der Waals surface area contributed by atoms with Gasteiger partial charge in [0.05, 0.1) is 0 Å². The Kier molecular flexibility index (Phi) is 8.24. The number of carbonyl (C=O) groups is 1. The monoisotopic (exact) mass is 205 g/mol. The Labute approximate surface area is 85.3 Å². The average Bonchev–Trinajstić information content (AvgIpc) is 2.10. The molecule has 0 radical (unpaired) electrons. The van der Waals surface area contributed by atoms with Crippen LogP contribution in [-0.4, -0.2) is 29.4 Å². The molecule has 78 valence electrons. The summed E-state index contributed by atoms with van der Waals surface area (Å²) >= 11 is 3.96. The zero-order valence-corrected chi connectivity index (χ0v) is 9.02. The molecule has 0 spiro atoms.